The van der Waals surface area contributed by atoms with E-state index >= 15 is 0 Å². The number of piperidine rings is 1. The van der Waals surface area contributed by atoms with Gasteiger partial charge in [-0.3, -0.25) is 0 Å². The predicted octanol–water partition coefficient (Wildman–Crippen LogP) is 2.56. The van der Waals surface area contributed by atoms with Crippen LogP contribution in [0.25, 0.3) is 0 Å². The van der Waals surface area contributed by atoms with Crippen molar-refractivity contribution in [2.75, 3.05) is 37.7 Å². The topological polar surface area (TPSA) is 78.7 Å². The Labute approximate surface area is 154 Å². The van der Waals surface area contributed by atoms with Gasteiger partial charge in [-0.2, -0.15) is 5.26 Å². The van der Waals surface area contributed by atoms with Gasteiger partial charge in [0.25, 0.3) is 0 Å². The molecule has 140 valence electrons. The van der Waals surface area contributed by atoms with Crippen LogP contribution in [-0.2, 0) is 9.47 Å². The zero-order chi connectivity index (χ0) is 18.8. The Hall–Kier alpha value is -2.33. The Bertz CT molecular complexity index is 699. The van der Waals surface area contributed by atoms with Gasteiger partial charge in [-0.05, 0) is 45.7 Å². The summed E-state index contributed by atoms with van der Waals surface area (Å²) in [6.45, 7) is 8.82. The lowest BCUT2D eigenvalue weighted by molar-refractivity contribution is -0.0913. The highest BCUT2D eigenvalue weighted by Crippen LogP contribution is 2.33. The monoisotopic (exact) mass is 358 g/mol. The number of nitriles is 1. The lowest BCUT2D eigenvalue weighted by Crippen LogP contribution is -2.58. The van der Waals surface area contributed by atoms with Gasteiger partial charge in [0.2, 0.25) is 0 Å². The quantitative estimate of drug-likeness (QED) is 0.768. The van der Waals surface area contributed by atoms with E-state index in [1.807, 2.05) is 20.8 Å². The number of likely N-dealkylation sites (tertiary alicyclic amines) is 1. The van der Waals surface area contributed by atoms with Crippen molar-refractivity contribution in [2.24, 2.45) is 0 Å². The number of ether oxygens (including phenoxy) is 2. The predicted molar refractivity (Wildman–Crippen MR) is 96.9 cm³/mol. The molecule has 0 bridgehead atoms. The molecular weight excluding hydrogens is 332 g/mol. The Balaban J connectivity index is 1.65. The lowest BCUT2D eigenvalue weighted by Gasteiger charge is -2.47. The zero-order valence-electron chi connectivity index (χ0n) is 15.7. The third-order valence-electron chi connectivity index (χ3n) is 4.78. The first-order valence-electron chi connectivity index (χ1n) is 9.04. The molecule has 2 aliphatic rings. The normalized spacial score (nSPS) is 19.9. The maximum atomic E-state index is 12.3. The van der Waals surface area contributed by atoms with Crippen molar-refractivity contribution in [3.8, 4) is 6.07 Å². The van der Waals surface area contributed by atoms with Crippen LogP contribution in [0.3, 0.4) is 0 Å². The van der Waals surface area contributed by atoms with Crippen LogP contribution in [0.4, 0.5) is 10.6 Å². The lowest BCUT2D eigenvalue weighted by atomic mass is 9.89. The highest BCUT2D eigenvalue weighted by atomic mass is 16.6. The van der Waals surface area contributed by atoms with E-state index in [1.54, 1.807) is 23.2 Å². The standard InChI is InChI=1S/C19H26N4O3/c1-18(2,3)26-17(24)22-9-6-19(7-10-22)14-23(11-12-25-19)16-15(13-20)5-4-8-21-16/h4-5,8H,6-7,9-12,14H2,1-3H3. The summed E-state index contributed by atoms with van der Waals surface area (Å²) in [6.07, 6.45) is 2.94. The minimum Gasteiger partial charge on any atom is -0.444 e. The fraction of sp³-hybridized carbons (Fsp3) is 0.632. The molecule has 7 heteroatoms. The average molecular weight is 358 g/mol. The van der Waals surface area contributed by atoms with Crippen LogP contribution < -0.4 is 4.90 Å². The molecule has 26 heavy (non-hydrogen) atoms. The Kier molecular flexibility index (Phi) is 5.05. The second-order valence-electron chi connectivity index (χ2n) is 7.91. The van der Waals surface area contributed by atoms with E-state index in [1.165, 1.54) is 0 Å². The summed E-state index contributed by atoms with van der Waals surface area (Å²) < 4.78 is 11.6. The van der Waals surface area contributed by atoms with E-state index in [0.29, 0.717) is 44.2 Å². The van der Waals surface area contributed by atoms with Crippen molar-refractivity contribution in [1.82, 2.24) is 9.88 Å². The molecule has 1 spiro atoms. The van der Waals surface area contributed by atoms with E-state index in [2.05, 4.69) is 16.0 Å². The van der Waals surface area contributed by atoms with Crippen molar-refractivity contribution in [3.63, 3.8) is 0 Å². The van der Waals surface area contributed by atoms with Crippen molar-refractivity contribution >= 4 is 11.9 Å². The fourth-order valence-electron chi connectivity index (χ4n) is 3.49. The molecular formula is C19H26N4O3. The fourth-order valence-corrected chi connectivity index (χ4v) is 3.49. The highest BCUT2D eigenvalue weighted by Gasteiger charge is 2.42. The minimum atomic E-state index is -0.489. The number of rotatable bonds is 1. The molecule has 0 N–H and O–H groups in total. The largest absolute Gasteiger partial charge is 0.444 e. The second-order valence-corrected chi connectivity index (χ2v) is 7.91. The number of carbonyl (C=O) groups excluding carboxylic acids is 1. The van der Waals surface area contributed by atoms with Crippen molar-refractivity contribution in [3.05, 3.63) is 23.9 Å². The molecule has 1 aromatic heterocycles. The van der Waals surface area contributed by atoms with Crippen molar-refractivity contribution in [1.29, 1.82) is 5.26 Å². The molecule has 2 aliphatic heterocycles. The molecule has 0 atom stereocenters. The molecule has 0 unspecified atom stereocenters. The number of anilines is 1. The van der Waals surface area contributed by atoms with Crippen LogP contribution >= 0.6 is 0 Å². The number of hydrogen-bond acceptors (Lipinski definition) is 6. The summed E-state index contributed by atoms with van der Waals surface area (Å²) in [5.74, 6) is 0.715. The van der Waals surface area contributed by atoms with Crippen molar-refractivity contribution in [2.45, 2.75) is 44.8 Å². The van der Waals surface area contributed by atoms with Gasteiger partial charge < -0.3 is 19.3 Å². The van der Waals surface area contributed by atoms with Gasteiger partial charge in [0.1, 0.15) is 17.5 Å². The molecule has 3 heterocycles. The Morgan fingerprint density at radius 1 is 1.35 bits per heavy atom. The number of aromatic nitrogens is 1. The zero-order valence-corrected chi connectivity index (χ0v) is 15.7. The van der Waals surface area contributed by atoms with Gasteiger partial charge in [0, 0.05) is 32.4 Å². The first-order chi connectivity index (χ1) is 12.3. The molecule has 2 saturated heterocycles. The highest BCUT2D eigenvalue weighted by molar-refractivity contribution is 5.68. The molecule has 0 saturated carbocycles. The van der Waals surface area contributed by atoms with Gasteiger partial charge >= 0.3 is 6.09 Å². The summed E-state index contributed by atoms with van der Waals surface area (Å²) in [4.78, 5) is 20.5. The SMILES string of the molecule is CC(C)(C)OC(=O)N1CCC2(CC1)CN(c1ncccc1C#N)CCO2. The number of hydrogen-bond donors (Lipinski definition) is 0. The molecule has 3 rings (SSSR count). The number of carbonyl (C=O) groups is 1. The molecule has 1 aromatic rings. The van der Waals surface area contributed by atoms with Crippen LogP contribution in [0.15, 0.2) is 18.3 Å². The molecule has 1 amide bonds. The van der Waals surface area contributed by atoms with Crippen molar-refractivity contribution < 1.29 is 14.3 Å². The first-order valence-corrected chi connectivity index (χ1v) is 9.04. The smallest absolute Gasteiger partial charge is 0.410 e. The molecule has 0 aromatic carbocycles. The number of nitrogens with zero attached hydrogens (tertiary/aromatic N) is 4. The summed E-state index contributed by atoms with van der Waals surface area (Å²) in [5.41, 5.74) is -0.214. The van der Waals surface area contributed by atoms with E-state index in [9.17, 15) is 10.1 Å². The molecule has 0 radical (unpaired) electrons. The van der Waals surface area contributed by atoms with E-state index < -0.39 is 5.60 Å². The van der Waals surface area contributed by atoms with Crippen LogP contribution in [0.2, 0.25) is 0 Å². The third-order valence-corrected chi connectivity index (χ3v) is 4.78. The molecule has 0 aliphatic carbocycles. The van der Waals surface area contributed by atoms with E-state index in [4.69, 9.17) is 9.47 Å². The van der Waals surface area contributed by atoms with E-state index in [0.717, 1.165) is 12.8 Å². The molecule has 7 nitrogen and oxygen atoms in total. The van der Waals surface area contributed by atoms with E-state index in [-0.39, 0.29) is 11.7 Å². The van der Waals surface area contributed by atoms with Gasteiger partial charge in [-0.15, -0.1) is 0 Å². The van der Waals surface area contributed by atoms with Gasteiger partial charge in [0.15, 0.2) is 0 Å². The van der Waals surface area contributed by atoms with Crippen LogP contribution in [0.1, 0.15) is 39.2 Å². The van der Waals surface area contributed by atoms with Crippen LogP contribution in [-0.4, -0.2) is 60.0 Å². The van der Waals surface area contributed by atoms with Crippen LogP contribution in [0.5, 0.6) is 0 Å². The second kappa shape index (κ2) is 7.12. The third kappa shape index (κ3) is 4.07. The van der Waals surface area contributed by atoms with Crippen LogP contribution in [0, 0.1) is 11.3 Å². The Morgan fingerprint density at radius 3 is 2.73 bits per heavy atom. The maximum absolute atomic E-state index is 12.3. The summed E-state index contributed by atoms with van der Waals surface area (Å²) >= 11 is 0. The average Bonchev–Trinajstić information content (AvgIpc) is 2.61. The summed E-state index contributed by atoms with van der Waals surface area (Å²) in [6, 6.07) is 5.78. The summed E-state index contributed by atoms with van der Waals surface area (Å²) in [5, 5.41) is 9.33. The first kappa shape index (κ1) is 18.5. The molecule has 2 fully saturated rings. The number of morpholine rings is 1. The van der Waals surface area contributed by atoms with Gasteiger partial charge in [-0.1, -0.05) is 0 Å². The number of amides is 1. The van der Waals surface area contributed by atoms with Gasteiger partial charge in [0.05, 0.1) is 17.8 Å². The maximum Gasteiger partial charge on any atom is 0.410 e. The summed E-state index contributed by atoms with van der Waals surface area (Å²) in [7, 11) is 0. The Morgan fingerprint density at radius 2 is 2.08 bits per heavy atom. The number of pyridine rings is 1. The minimum absolute atomic E-state index is 0.267. The van der Waals surface area contributed by atoms with Gasteiger partial charge in [-0.25, -0.2) is 9.78 Å².